The van der Waals surface area contributed by atoms with Crippen LogP contribution in [0.15, 0.2) is 48.7 Å². The van der Waals surface area contributed by atoms with E-state index in [2.05, 4.69) is 20.5 Å². The topological polar surface area (TPSA) is 100 Å². The van der Waals surface area contributed by atoms with Gasteiger partial charge in [-0.25, -0.2) is 9.37 Å². The molecule has 1 fully saturated rings. The molecule has 1 aromatic carbocycles. The zero-order chi connectivity index (χ0) is 24.1. The fourth-order valence-electron chi connectivity index (χ4n) is 4.22. The van der Waals surface area contributed by atoms with E-state index in [1.807, 2.05) is 6.07 Å². The average molecular weight is 486 g/mol. The number of carbonyl (C=O) groups excluding carboxylic acids is 2. The highest BCUT2D eigenvalue weighted by molar-refractivity contribution is 6.31. The third-order valence-corrected chi connectivity index (χ3v) is 6.17. The Balaban J connectivity index is 1.50. The summed E-state index contributed by atoms with van der Waals surface area (Å²) in [6.45, 7) is 2.79. The number of pyridine rings is 1. The molecular weight excluding hydrogens is 461 g/mol. The van der Waals surface area contributed by atoms with Crippen LogP contribution in [0.4, 0.5) is 16.0 Å². The van der Waals surface area contributed by atoms with E-state index >= 15 is 0 Å². The molecule has 0 saturated carbocycles. The lowest BCUT2D eigenvalue weighted by atomic mass is 9.82. The molecule has 10 heteroatoms. The molecule has 3 heterocycles. The van der Waals surface area contributed by atoms with Crippen molar-refractivity contribution in [3.8, 4) is 0 Å². The van der Waals surface area contributed by atoms with E-state index in [1.165, 1.54) is 12.1 Å². The molecule has 0 bridgehead atoms. The molecule has 0 aliphatic carbocycles. The highest BCUT2D eigenvalue weighted by atomic mass is 35.5. The number of rotatable bonds is 7. The molecular formula is C24H25ClFN5O3. The molecule has 1 atom stereocenters. The number of hydrogen-bond donors (Lipinski definition) is 2. The Morgan fingerprint density at radius 2 is 2.00 bits per heavy atom. The molecule has 1 amide bonds. The van der Waals surface area contributed by atoms with E-state index in [-0.39, 0.29) is 29.1 Å². The standard InChI is InChI=1S/C24H25ClFN5O3/c1-2-34-24(33)21(18-7-4-8-19(28-18)29-20-9-12-27-30-20)15-10-13-31(14-11-15)23(32)16-5-3-6-17(25)22(16)26/h3-9,12,15,21H,2,10-11,13-14H2,1H3,(H2,27,28,29,30). The molecule has 2 aromatic heterocycles. The molecule has 1 aliphatic rings. The zero-order valence-corrected chi connectivity index (χ0v) is 19.4. The van der Waals surface area contributed by atoms with Crippen molar-refractivity contribution >= 4 is 35.1 Å². The molecule has 4 rings (SSSR count). The summed E-state index contributed by atoms with van der Waals surface area (Å²) >= 11 is 5.84. The van der Waals surface area contributed by atoms with Crippen LogP contribution in [0.2, 0.25) is 5.02 Å². The number of hydrogen-bond acceptors (Lipinski definition) is 6. The first-order chi connectivity index (χ1) is 16.5. The number of nitrogens with zero attached hydrogens (tertiary/aromatic N) is 3. The highest BCUT2D eigenvalue weighted by Crippen LogP contribution is 2.34. The summed E-state index contributed by atoms with van der Waals surface area (Å²) in [7, 11) is 0. The number of aromatic nitrogens is 3. The Labute approximate surface area is 201 Å². The number of H-pyrrole nitrogens is 1. The zero-order valence-electron chi connectivity index (χ0n) is 18.6. The fourth-order valence-corrected chi connectivity index (χ4v) is 4.39. The first-order valence-electron chi connectivity index (χ1n) is 11.1. The molecule has 1 unspecified atom stereocenters. The monoisotopic (exact) mass is 485 g/mol. The summed E-state index contributed by atoms with van der Waals surface area (Å²) in [6.07, 6.45) is 2.73. The van der Waals surface area contributed by atoms with Crippen molar-refractivity contribution in [3.05, 3.63) is 70.8 Å². The van der Waals surface area contributed by atoms with Crippen molar-refractivity contribution in [3.63, 3.8) is 0 Å². The maximum atomic E-state index is 14.3. The SMILES string of the molecule is CCOC(=O)C(c1cccc(Nc2ccn[nH]2)n1)C1CCN(C(=O)c2cccc(Cl)c2F)CC1. The lowest BCUT2D eigenvalue weighted by Gasteiger charge is -2.35. The minimum atomic E-state index is -0.716. The van der Waals surface area contributed by atoms with E-state index < -0.39 is 17.6 Å². The van der Waals surface area contributed by atoms with Gasteiger partial charge in [0.15, 0.2) is 5.82 Å². The smallest absolute Gasteiger partial charge is 0.315 e. The molecule has 2 N–H and O–H groups in total. The van der Waals surface area contributed by atoms with Gasteiger partial charge in [-0.15, -0.1) is 0 Å². The second-order valence-electron chi connectivity index (χ2n) is 8.00. The van der Waals surface area contributed by atoms with E-state index in [9.17, 15) is 14.0 Å². The number of benzene rings is 1. The number of anilines is 2. The van der Waals surface area contributed by atoms with Gasteiger partial charge < -0.3 is 15.0 Å². The predicted molar refractivity (Wildman–Crippen MR) is 126 cm³/mol. The quantitative estimate of drug-likeness (QED) is 0.476. The van der Waals surface area contributed by atoms with Crippen LogP contribution in [0.25, 0.3) is 0 Å². The molecule has 1 saturated heterocycles. The van der Waals surface area contributed by atoms with Crippen LogP contribution in [0.1, 0.15) is 41.7 Å². The summed E-state index contributed by atoms with van der Waals surface area (Å²) in [5.74, 6) is -0.885. The van der Waals surface area contributed by atoms with Crippen LogP contribution in [0.3, 0.4) is 0 Å². The number of halogens is 2. The first-order valence-corrected chi connectivity index (χ1v) is 11.5. The van der Waals surface area contributed by atoms with E-state index in [0.717, 1.165) is 0 Å². The van der Waals surface area contributed by atoms with Crippen molar-refractivity contribution < 1.29 is 18.7 Å². The average Bonchev–Trinajstić information content (AvgIpc) is 3.35. The number of carbonyl (C=O) groups is 2. The maximum absolute atomic E-state index is 14.3. The van der Waals surface area contributed by atoms with Crippen LogP contribution in [-0.4, -0.2) is 51.7 Å². The van der Waals surface area contributed by atoms with Gasteiger partial charge in [-0.1, -0.05) is 23.7 Å². The maximum Gasteiger partial charge on any atom is 0.315 e. The molecule has 3 aromatic rings. The molecule has 34 heavy (non-hydrogen) atoms. The Kier molecular flexibility index (Phi) is 7.42. The minimum Gasteiger partial charge on any atom is -0.465 e. The number of nitrogens with one attached hydrogen (secondary N) is 2. The van der Waals surface area contributed by atoms with Gasteiger partial charge in [0.05, 0.1) is 29.1 Å². The molecule has 178 valence electrons. The number of amides is 1. The predicted octanol–water partition coefficient (Wildman–Crippen LogP) is 4.54. The van der Waals surface area contributed by atoms with Crippen molar-refractivity contribution in [2.75, 3.05) is 25.0 Å². The van der Waals surface area contributed by atoms with Crippen molar-refractivity contribution in [2.45, 2.75) is 25.7 Å². The highest BCUT2D eigenvalue weighted by Gasteiger charge is 2.36. The largest absolute Gasteiger partial charge is 0.465 e. The lowest BCUT2D eigenvalue weighted by Crippen LogP contribution is -2.41. The van der Waals surface area contributed by atoms with Gasteiger partial charge in [-0.2, -0.15) is 5.10 Å². The number of ether oxygens (including phenoxy) is 1. The lowest BCUT2D eigenvalue weighted by molar-refractivity contribution is -0.147. The summed E-state index contributed by atoms with van der Waals surface area (Å²) < 4.78 is 19.7. The minimum absolute atomic E-state index is 0.0489. The van der Waals surface area contributed by atoms with E-state index in [1.54, 1.807) is 42.3 Å². The van der Waals surface area contributed by atoms with Gasteiger partial charge in [0.2, 0.25) is 0 Å². The Morgan fingerprint density at radius 3 is 2.71 bits per heavy atom. The Hall–Kier alpha value is -3.46. The van der Waals surface area contributed by atoms with Crippen LogP contribution in [0, 0.1) is 11.7 Å². The van der Waals surface area contributed by atoms with Crippen LogP contribution in [0.5, 0.6) is 0 Å². The fraction of sp³-hybridized carbons (Fsp3) is 0.333. The van der Waals surface area contributed by atoms with E-state index in [4.69, 9.17) is 16.3 Å². The molecule has 8 nitrogen and oxygen atoms in total. The third-order valence-electron chi connectivity index (χ3n) is 5.87. The summed E-state index contributed by atoms with van der Waals surface area (Å²) in [6, 6.07) is 11.6. The van der Waals surface area contributed by atoms with Gasteiger partial charge in [0, 0.05) is 19.2 Å². The molecule has 0 spiro atoms. The number of piperidine rings is 1. The van der Waals surface area contributed by atoms with Gasteiger partial charge >= 0.3 is 5.97 Å². The Bertz CT molecular complexity index is 1150. The second kappa shape index (κ2) is 10.6. The van der Waals surface area contributed by atoms with Gasteiger partial charge in [0.1, 0.15) is 17.6 Å². The van der Waals surface area contributed by atoms with Gasteiger partial charge in [0.25, 0.3) is 5.91 Å². The van der Waals surface area contributed by atoms with Crippen LogP contribution >= 0.6 is 11.6 Å². The van der Waals surface area contributed by atoms with Gasteiger partial charge in [-0.05, 0) is 49.9 Å². The molecule has 1 aliphatic heterocycles. The third kappa shape index (κ3) is 5.20. The van der Waals surface area contributed by atoms with Crippen LogP contribution in [-0.2, 0) is 9.53 Å². The summed E-state index contributed by atoms with van der Waals surface area (Å²) in [5, 5.41) is 9.75. The second-order valence-corrected chi connectivity index (χ2v) is 8.41. The van der Waals surface area contributed by atoms with E-state index in [0.29, 0.717) is 43.3 Å². The van der Waals surface area contributed by atoms with Crippen LogP contribution < -0.4 is 5.32 Å². The molecule has 0 radical (unpaired) electrons. The number of aromatic amines is 1. The van der Waals surface area contributed by atoms with Gasteiger partial charge in [-0.3, -0.25) is 14.7 Å². The number of esters is 1. The Morgan fingerprint density at radius 1 is 1.24 bits per heavy atom. The van der Waals surface area contributed by atoms with Crippen molar-refractivity contribution in [2.24, 2.45) is 5.92 Å². The normalized spacial score (nSPS) is 15.1. The summed E-state index contributed by atoms with van der Waals surface area (Å²) in [4.78, 5) is 32.0. The number of likely N-dealkylation sites (tertiary alicyclic amines) is 1. The van der Waals surface area contributed by atoms with Crippen molar-refractivity contribution in [1.82, 2.24) is 20.1 Å². The van der Waals surface area contributed by atoms with Crippen molar-refractivity contribution in [1.29, 1.82) is 0 Å². The first kappa shape index (κ1) is 23.7. The summed E-state index contributed by atoms with van der Waals surface area (Å²) in [5.41, 5.74) is 0.542.